The maximum atomic E-state index is 12.8. The summed E-state index contributed by atoms with van der Waals surface area (Å²) in [5.74, 6) is 0. The summed E-state index contributed by atoms with van der Waals surface area (Å²) in [6.45, 7) is 0. The van der Waals surface area contributed by atoms with E-state index >= 15 is 0 Å². The van der Waals surface area contributed by atoms with Gasteiger partial charge < -0.3 is 5.32 Å². The third-order valence-electron chi connectivity index (χ3n) is 3.64. The van der Waals surface area contributed by atoms with E-state index in [4.69, 9.17) is 0 Å². The van der Waals surface area contributed by atoms with Crippen LogP contribution in [0.3, 0.4) is 0 Å². The van der Waals surface area contributed by atoms with E-state index in [1.54, 1.807) is 23.5 Å². The fourth-order valence-corrected chi connectivity index (χ4v) is 3.93. The summed E-state index contributed by atoms with van der Waals surface area (Å²) < 4.78 is 25.6. The van der Waals surface area contributed by atoms with E-state index < -0.39 is 6.43 Å². The Balaban J connectivity index is 1.94. The maximum absolute atomic E-state index is 12.8. The van der Waals surface area contributed by atoms with Crippen LogP contribution in [0.25, 0.3) is 0 Å². The van der Waals surface area contributed by atoms with Crippen LogP contribution in [0.5, 0.6) is 0 Å². The van der Waals surface area contributed by atoms with Crippen molar-refractivity contribution in [2.24, 2.45) is 0 Å². The van der Waals surface area contributed by atoms with E-state index in [1.165, 1.54) is 23.1 Å². The van der Waals surface area contributed by atoms with Crippen molar-refractivity contribution < 1.29 is 8.78 Å². The molecule has 5 heteroatoms. The minimum absolute atomic E-state index is 0.0619. The van der Waals surface area contributed by atoms with E-state index in [0.717, 1.165) is 23.4 Å². The highest BCUT2D eigenvalue weighted by molar-refractivity contribution is 7.11. The normalized spacial score (nSPS) is 15.6. The SMILES string of the molecule is CNC(c1cccc(C(F)F)c1)c1nc2c(s1)CCC2. The summed E-state index contributed by atoms with van der Waals surface area (Å²) in [6.07, 6.45) is 0.882. The van der Waals surface area contributed by atoms with Crippen LogP contribution >= 0.6 is 11.3 Å². The molecule has 0 spiro atoms. The third-order valence-corrected chi connectivity index (χ3v) is 4.87. The van der Waals surface area contributed by atoms with Gasteiger partial charge in [-0.3, -0.25) is 0 Å². The van der Waals surface area contributed by atoms with Crippen molar-refractivity contribution in [3.8, 4) is 0 Å². The summed E-state index contributed by atoms with van der Waals surface area (Å²) in [6, 6.07) is 6.48. The van der Waals surface area contributed by atoms with Gasteiger partial charge >= 0.3 is 0 Å². The summed E-state index contributed by atoms with van der Waals surface area (Å²) in [4.78, 5) is 6.03. The first-order valence-corrected chi connectivity index (χ1v) is 7.54. The highest BCUT2D eigenvalue weighted by Gasteiger charge is 2.22. The lowest BCUT2D eigenvalue weighted by molar-refractivity contribution is 0.151. The lowest BCUT2D eigenvalue weighted by Crippen LogP contribution is -2.17. The molecule has 106 valence electrons. The van der Waals surface area contributed by atoms with Crippen LogP contribution < -0.4 is 5.32 Å². The van der Waals surface area contributed by atoms with Crippen LogP contribution in [0.4, 0.5) is 8.78 Å². The zero-order valence-corrected chi connectivity index (χ0v) is 12.0. The molecule has 0 bridgehead atoms. The number of hydrogen-bond donors (Lipinski definition) is 1. The minimum atomic E-state index is -2.44. The number of fused-ring (bicyclic) bond motifs is 1. The molecule has 1 N–H and O–H groups in total. The maximum Gasteiger partial charge on any atom is 0.263 e. The second kappa shape index (κ2) is 5.58. The largest absolute Gasteiger partial charge is 0.307 e. The van der Waals surface area contributed by atoms with Crippen molar-refractivity contribution in [3.05, 3.63) is 51.0 Å². The highest BCUT2D eigenvalue weighted by atomic mass is 32.1. The first-order valence-electron chi connectivity index (χ1n) is 6.73. The van der Waals surface area contributed by atoms with Gasteiger partial charge in [0.05, 0.1) is 11.7 Å². The van der Waals surface area contributed by atoms with Crippen molar-refractivity contribution in [3.63, 3.8) is 0 Å². The quantitative estimate of drug-likeness (QED) is 0.925. The smallest absolute Gasteiger partial charge is 0.263 e. The van der Waals surface area contributed by atoms with E-state index in [2.05, 4.69) is 10.3 Å². The summed E-state index contributed by atoms with van der Waals surface area (Å²) >= 11 is 1.70. The topological polar surface area (TPSA) is 24.9 Å². The molecule has 1 atom stereocenters. The minimum Gasteiger partial charge on any atom is -0.307 e. The van der Waals surface area contributed by atoms with E-state index in [0.29, 0.717) is 0 Å². The molecule has 0 amide bonds. The molecule has 0 saturated heterocycles. The van der Waals surface area contributed by atoms with E-state index in [-0.39, 0.29) is 11.6 Å². The van der Waals surface area contributed by atoms with Gasteiger partial charge in [0.15, 0.2) is 0 Å². The van der Waals surface area contributed by atoms with Crippen molar-refractivity contribution in [1.29, 1.82) is 0 Å². The molecule has 3 rings (SSSR count). The predicted octanol–water partition coefficient (Wildman–Crippen LogP) is 3.88. The molecule has 2 nitrogen and oxygen atoms in total. The third kappa shape index (κ3) is 2.47. The second-order valence-electron chi connectivity index (χ2n) is 4.97. The summed E-state index contributed by atoms with van der Waals surface area (Å²) in [5.41, 5.74) is 2.10. The van der Waals surface area contributed by atoms with Crippen LogP contribution in [0.15, 0.2) is 24.3 Å². The first-order chi connectivity index (χ1) is 9.69. The van der Waals surface area contributed by atoms with Gasteiger partial charge in [0.1, 0.15) is 5.01 Å². The van der Waals surface area contributed by atoms with Crippen LogP contribution in [-0.4, -0.2) is 12.0 Å². The molecule has 0 fully saturated rings. The Kier molecular flexibility index (Phi) is 3.81. The Bertz CT molecular complexity index is 588. The number of alkyl halides is 2. The van der Waals surface area contributed by atoms with Crippen molar-refractivity contribution in [2.75, 3.05) is 7.05 Å². The van der Waals surface area contributed by atoms with Crippen LogP contribution in [-0.2, 0) is 12.8 Å². The molecule has 1 aromatic heterocycles. The van der Waals surface area contributed by atoms with Gasteiger partial charge in [0.2, 0.25) is 0 Å². The van der Waals surface area contributed by atoms with Crippen LogP contribution in [0, 0.1) is 0 Å². The zero-order valence-electron chi connectivity index (χ0n) is 11.2. The second-order valence-corrected chi connectivity index (χ2v) is 6.08. The van der Waals surface area contributed by atoms with Gasteiger partial charge in [-0.25, -0.2) is 13.8 Å². The van der Waals surface area contributed by atoms with Gasteiger partial charge in [0, 0.05) is 10.4 Å². The highest BCUT2D eigenvalue weighted by Crippen LogP contribution is 2.33. The Hall–Kier alpha value is -1.33. The molecular formula is C15H16F2N2S. The molecule has 1 unspecified atom stereocenters. The average molecular weight is 294 g/mol. The molecule has 1 aromatic carbocycles. The van der Waals surface area contributed by atoms with Gasteiger partial charge in [0.25, 0.3) is 6.43 Å². The lowest BCUT2D eigenvalue weighted by atomic mass is 10.0. The number of halogens is 2. The fraction of sp³-hybridized carbons (Fsp3) is 0.400. The predicted molar refractivity (Wildman–Crippen MR) is 76.4 cm³/mol. The molecule has 0 aliphatic heterocycles. The molecule has 0 saturated carbocycles. The number of benzene rings is 1. The van der Waals surface area contributed by atoms with Gasteiger partial charge in [-0.05, 0) is 37.9 Å². The monoisotopic (exact) mass is 294 g/mol. The lowest BCUT2D eigenvalue weighted by Gasteiger charge is -2.15. The van der Waals surface area contributed by atoms with E-state index in [1.807, 2.05) is 13.1 Å². The molecule has 0 radical (unpaired) electrons. The van der Waals surface area contributed by atoms with Crippen molar-refractivity contribution >= 4 is 11.3 Å². The number of aryl methyl sites for hydroxylation is 2. The summed E-state index contributed by atoms with van der Waals surface area (Å²) in [5, 5.41) is 4.17. The zero-order chi connectivity index (χ0) is 14.1. The van der Waals surface area contributed by atoms with Crippen molar-refractivity contribution in [1.82, 2.24) is 10.3 Å². The van der Waals surface area contributed by atoms with Crippen LogP contribution in [0.1, 0.15) is 45.6 Å². The number of hydrogen-bond acceptors (Lipinski definition) is 3. The molecule has 2 aromatic rings. The number of aromatic nitrogens is 1. The first kappa shape index (κ1) is 13.6. The Morgan fingerprint density at radius 3 is 2.75 bits per heavy atom. The molecule has 1 aliphatic carbocycles. The van der Waals surface area contributed by atoms with Crippen LogP contribution in [0.2, 0.25) is 0 Å². The molecular weight excluding hydrogens is 278 g/mol. The number of rotatable bonds is 4. The van der Waals surface area contributed by atoms with E-state index in [9.17, 15) is 8.78 Å². The molecule has 20 heavy (non-hydrogen) atoms. The van der Waals surface area contributed by atoms with Gasteiger partial charge in [-0.2, -0.15) is 0 Å². The standard InChI is InChI=1S/C15H16F2N2S/c1-18-13(9-4-2-5-10(8-9)14(16)17)15-19-11-6-3-7-12(11)20-15/h2,4-5,8,13-14,18H,3,6-7H2,1H3. The fourth-order valence-electron chi connectivity index (χ4n) is 2.64. The average Bonchev–Trinajstić information content (AvgIpc) is 3.01. The van der Waals surface area contributed by atoms with Crippen molar-refractivity contribution in [2.45, 2.75) is 31.7 Å². The Morgan fingerprint density at radius 2 is 2.05 bits per heavy atom. The number of nitrogens with one attached hydrogen (secondary N) is 1. The number of nitrogens with zero attached hydrogens (tertiary/aromatic N) is 1. The van der Waals surface area contributed by atoms with Gasteiger partial charge in [-0.15, -0.1) is 11.3 Å². The number of thiazole rings is 1. The Labute approximate surface area is 120 Å². The molecule has 1 heterocycles. The Morgan fingerprint density at radius 1 is 1.25 bits per heavy atom. The summed E-state index contributed by atoms with van der Waals surface area (Å²) in [7, 11) is 1.84. The van der Waals surface area contributed by atoms with Gasteiger partial charge in [-0.1, -0.05) is 18.2 Å². The molecule has 1 aliphatic rings.